The van der Waals surface area contributed by atoms with Gasteiger partial charge in [-0.15, -0.1) is 0 Å². The van der Waals surface area contributed by atoms with E-state index in [4.69, 9.17) is 32.2 Å². The second kappa shape index (κ2) is 6.16. The Morgan fingerprint density at radius 2 is 2.08 bits per heavy atom. The number of benzene rings is 1. The van der Waals surface area contributed by atoms with Gasteiger partial charge in [-0.3, -0.25) is 0 Å². The number of thiocarbonyl (C=S) groups is 1. The highest BCUT2D eigenvalue weighted by Crippen LogP contribution is 2.64. The molecule has 24 heavy (non-hydrogen) atoms. The fourth-order valence-corrected chi connectivity index (χ4v) is 5.96. The van der Waals surface area contributed by atoms with Crippen molar-refractivity contribution >= 4 is 27.0 Å². The van der Waals surface area contributed by atoms with Crippen molar-refractivity contribution in [2.24, 2.45) is 11.1 Å². The molecule has 1 aliphatic heterocycles. The molecule has 0 aromatic heterocycles. The highest BCUT2D eigenvalue weighted by Gasteiger charge is 2.72. The Hall–Kier alpha value is -1.38. The summed E-state index contributed by atoms with van der Waals surface area (Å²) in [7, 11) is -3.34. The van der Waals surface area contributed by atoms with Gasteiger partial charge in [-0.25, -0.2) is 8.42 Å². The molecule has 1 heterocycles. The molecule has 0 saturated heterocycles. The Labute approximate surface area is 147 Å². The smallest absolute Gasteiger partial charge is 0.231 e. The minimum Gasteiger partial charge on any atom is -0.454 e. The average Bonchev–Trinajstić information content (AvgIpc) is 3.04. The van der Waals surface area contributed by atoms with Gasteiger partial charge in [0.15, 0.2) is 21.3 Å². The number of ether oxygens (including phenoxy) is 3. The zero-order chi connectivity index (χ0) is 17.5. The van der Waals surface area contributed by atoms with Crippen molar-refractivity contribution < 1.29 is 22.6 Å². The number of rotatable bonds is 7. The summed E-state index contributed by atoms with van der Waals surface area (Å²) in [6.45, 7) is 4.32. The van der Waals surface area contributed by atoms with Crippen LogP contribution in [0.3, 0.4) is 0 Å². The molecule has 0 spiro atoms. The van der Waals surface area contributed by atoms with Crippen LogP contribution in [0.5, 0.6) is 11.5 Å². The molecular formula is C16H21NO5S2. The number of hydrogen-bond acceptors (Lipinski definition) is 6. The van der Waals surface area contributed by atoms with Gasteiger partial charge in [-0.2, -0.15) is 0 Å². The first-order valence-electron chi connectivity index (χ1n) is 7.87. The summed E-state index contributed by atoms with van der Waals surface area (Å²) in [5, 5.41) is -0.667. The van der Waals surface area contributed by atoms with Crippen molar-refractivity contribution in [3.8, 4) is 11.5 Å². The summed E-state index contributed by atoms with van der Waals surface area (Å²) in [4.78, 5) is 0.181. The molecule has 1 aliphatic carbocycles. The first kappa shape index (κ1) is 17.4. The van der Waals surface area contributed by atoms with Crippen LogP contribution in [0.25, 0.3) is 0 Å². The first-order valence-corrected chi connectivity index (χ1v) is 9.99. The highest BCUT2D eigenvalue weighted by molar-refractivity contribution is 7.92. The van der Waals surface area contributed by atoms with E-state index in [1.807, 2.05) is 19.1 Å². The monoisotopic (exact) mass is 371 g/mol. The van der Waals surface area contributed by atoms with E-state index in [9.17, 15) is 8.42 Å². The summed E-state index contributed by atoms with van der Waals surface area (Å²) < 4.78 is 41.5. The molecule has 1 fully saturated rings. The molecule has 3 atom stereocenters. The maximum absolute atomic E-state index is 12.6. The molecule has 1 aromatic carbocycles. The van der Waals surface area contributed by atoms with Crippen LogP contribution < -0.4 is 15.2 Å². The van der Waals surface area contributed by atoms with E-state index in [1.54, 1.807) is 13.0 Å². The topological polar surface area (TPSA) is 87.9 Å². The Morgan fingerprint density at radius 1 is 1.38 bits per heavy atom. The molecule has 0 radical (unpaired) electrons. The van der Waals surface area contributed by atoms with Crippen molar-refractivity contribution in [3.63, 3.8) is 0 Å². The first-order chi connectivity index (χ1) is 11.4. The van der Waals surface area contributed by atoms with E-state index in [-0.39, 0.29) is 30.1 Å². The predicted molar refractivity (Wildman–Crippen MR) is 94.3 cm³/mol. The maximum Gasteiger partial charge on any atom is 0.231 e. The minimum atomic E-state index is -3.34. The molecule has 0 bridgehead atoms. The molecule has 1 aromatic rings. The number of nitrogens with two attached hydrogens (primary N) is 1. The van der Waals surface area contributed by atoms with Crippen LogP contribution in [-0.2, 0) is 14.6 Å². The fraction of sp³-hybridized carbons (Fsp3) is 0.562. The summed E-state index contributed by atoms with van der Waals surface area (Å²) in [6.07, 6.45) is 0. The van der Waals surface area contributed by atoms with E-state index in [2.05, 4.69) is 0 Å². The van der Waals surface area contributed by atoms with Gasteiger partial charge in [-0.1, -0.05) is 25.2 Å². The van der Waals surface area contributed by atoms with Gasteiger partial charge in [0, 0.05) is 18.3 Å². The second-order valence-electron chi connectivity index (χ2n) is 6.00. The van der Waals surface area contributed by atoms with Gasteiger partial charge >= 0.3 is 0 Å². The Balaban J connectivity index is 2.04. The van der Waals surface area contributed by atoms with Crippen molar-refractivity contribution in [3.05, 3.63) is 23.8 Å². The zero-order valence-corrected chi connectivity index (χ0v) is 15.3. The minimum absolute atomic E-state index is 0.0369. The lowest BCUT2D eigenvalue weighted by Gasteiger charge is -2.16. The van der Waals surface area contributed by atoms with Gasteiger partial charge in [0.25, 0.3) is 0 Å². The highest BCUT2D eigenvalue weighted by atomic mass is 32.2. The maximum atomic E-state index is 12.6. The standard InChI is InChI=1S/C16H21NO5S2/c1-3-20-8-16(15(17)23)13(14(16)24(18,19)4-2)10-5-6-11-12(7-10)22-9-21-11/h5-7,13-14H,3-4,8-9H2,1-2H3,(H2,17,23)/t13-,14+,16-/m0/s1. The van der Waals surface area contributed by atoms with Crippen LogP contribution in [0.1, 0.15) is 25.3 Å². The lowest BCUT2D eigenvalue weighted by molar-refractivity contribution is 0.121. The van der Waals surface area contributed by atoms with E-state index in [0.717, 1.165) is 5.56 Å². The Kier molecular flexibility index (Phi) is 4.48. The third kappa shape index (κ3) is 2.57. The Morgan fingerprint density at radius 3 is 2.71 bits per heavy atom. The summed E-state index contributed by atoms with van der Waals surface area (Å²) in [5.41, 5.74) is 5.95. The van der Waals surface area contributed by atoms with E-state index in [0.29, 0.717) is 18.1 Å². The third-order valence-electron chi connectivity index (χ3n) is 4.81. The summed E-state index contributed by atoms with van der Waals surface area (Å²) in [6, 6.07) is 5.45. The zero-order valence-electron chi connectivity index (χ0n) is 13.7. The largest absolute Gasteiger partial charge is 0.454 e. The SMILES string of the molecule is CCOC[C@@]1(C(N)=S)[C@H](S(=O)(=O)CC)[C@@H]1c1ccc2c(c1)OCO2. The van der Waals surface area contributed by atoms with Gasteiger partial charge < -0.3 is 19.9 Å². The van der Waals surface area contributed by atoms with E-state index >= 15 is 0 Å². The van der Waals surface area contributed by atoms with Crippen molar-refractivity contribution in [2.45, 2.75) is 25.0 Å². The Bertz CT molecular complexity index is 764. The van der Waals surface area contributed by atoms with Gasteiger partial charge in [0.1, 0.15) is 0 Å². The third-order valence-corrected chi connectivity index (χ3v) is 7.46. The fourth-order valence-electron chi connectivity index (χ4n) is 3.50. The molecule has 0 amide bonds. The van der Waals surface area contributed by atoms with Gasteiger partial charge in [0.2, 0.25) is 6.79 Å². The molecule has 132 valence electrons. The van der Waals surface area contributed by atoms with Crippen LogP contribution in [-0.4, -0.2) is 44.4 Å². The molecule has 2 aliphatic rings. The van der Waals surface area contributed by atoms with Crippen LogP contribution in [0.15, 0.2) is 18.2 Å². The molecule has 8 heteroatoms. The normalized spacial score (nSPS) is 27.9. The van der Waals surface area contributed by atoms with Crippen LogP contribution in [0.4, 0.5) is 0 Å². The van der Waals surface area contributed by atoms with Gasteiger partial charge in [0.05, 0.1) is 22.3 Å². The molecule has 1 saturated carbocycles. The lowest BCUT2D eigenvalue weighted by Crippen LogP contribution is -2.34. The average molecular weight is 371 g/mol. The van der Waals surface area contributed by atoms with Crippen molar-refractivity contribution in [2.75, 3.05) is 25.8 Å². The lowest BCUT2D eigenvalue weighted by atomic mass is 9.99. The van der Waals surface area contributed by atoms with E-state index < -0.39 is 20.5 Å². The molecule has 6 nitrogen and oxygen atoms in total. The summed E-state index contributed by atoms with van der Waals surface area (Å²) in [5.74, 6) is 0.969. The van der Waals surface area contributed by atoms with Crippen LogP contribution in [0.2, 0.25) is 0 Å². The quantitative estimate of drug-likeness (QED) is 0.729. The molecule has 2 N–H and O–H groups in total. The van der Waals surface area contributed by atoms with E-state index in [1.165, 1.54) is 0 Å². The van der Waals surface area contributed by atoms with Crippen molar-refractivity contribution in [1.29, 1.82) is 0 Å². The van der Waals surface area contributed by atoms with Crippen LogP contribution in [0, 0.1) is 5.41 Å². The number of hydrogen-bond donors (Lipinski definition) is 1. The molecular weight excluding hydrogens is 350 g/mol. The van der Waals surface area contributed by atoms with Crippen molar-refractivity contribution in [1.82, 2.24) is 0 Å². The van der Waals surface area contributed by atoms with Crippen LogP contribution >= 0.6 is 12.2 Å². The second-order valence-corrected chi connectivity index (χ2v) is 8.86. The predicted octanol–water partition coefficient (Wildman–Crippen LogP) is 1.62. The number of sulfone groups is 1. The summed E-state index contributed by atoms with van der Waals surface area (Å²) >= 11 is 5.26. The number of fused-ring (bicyclic) bond motifs is 1. The molecule has 0 unspecified atom stereocenters. The van der Waals surface area contributed by atoms with Gasteiger partial charge in [-0.05, 0) is 24.6 Å². The molecule has 3 rings (SSSR count).